The third kappa shape index (κ3) is 4.28. The number of aryl methyl sites for hydroxylation is 1. The number of hydrogen-bond acceptors (Lipinski definition) is 5. The molecule has 0 saturated heterocycles. The summed E-state index contributed by atoms with van der Waals surface area (Å²) < 4.78 is 5.87. The molecular weight excluding hydrogens is 408 g/mol. The second kappa shape index (κ2) is 7.86. The summed E-state index contributed by atoms with van der Waals surface area (Å²) in [4.78, 5) is 16.7. The summed E-state index contributed by atoms with van der Waals surface area (Å²) in [6.07, 6.45) is 4.91. The predicted octanol–water partition coefficient (Wildman–Crippen LogP) is 5.62. The van der Waals surface area contributed by atoms with Crippen LogP contribution in [0.3, 0.4) is 0 Å². The van der Waals surface area contributed by atoms with Crippen LogP contribution in [0.5, 0.6) is 0 Å². The number of fused-ring (bicyclic) bond motifs is 1. The Hall–Kier alpha value is -2.54. The van der Waals surface area contributed by atoms with Crippen LogP contribution in [0.15, 0.2) is 33.8 Å². The maximum absolute atomic E-state index is 12.5. The first-order valence-corrected chi connectivity index (χ1v) is 11.8. The number of benzene rings is 1. The molecule has 2 N–H and O–H groups in total. The van der Waals surface area contributed by atoms with Gasteiger partial charge in [0.2, 0.25) is 11.1 Å². The Kier molecular flexibility index (Phi) is 5.50. The molecule has 0 bridgehead atoms. The number of nitrogens with one attached hydrogen (secondary N) is 2. The molecule has 0 aliphatic heterocycles. The number of nitrogens with zero attached hydrogens (tertiary/aromatic N) is 2. The van der Waals surface area contributed by atoms with Crippen molar-refractivity contribution in [1.82, 2.24) is 15.2 Å². The van der Waals surface area contributed by atoms with Gasteiger partial charge in [-0.15, -0.1) is 5.10 Å². The van der Waals surface area contributed by atoms with E-state index in [9.17, 15) is 4.79 Å². The van der Waals surface area contributed by atoms with Crippen molar-refractivity contribution in [3.05, 3.63) is 58.0 Å². The van der Waals surface area contributed by atoms with Gasteiger partial charge in [-0.3, -0.25) is 10.1 Å². The van der Waals surface area contributed by atoms with Crippen molar-refractivity contribution in [2.45, 2.75) is 69.9 Å². The lowest BCUT2D eigenvalue weighted by Gasteiger charge is -2.42. The number of thioether (sulfide) groups is 1. The fraction of sp³-hybridized carbons (Fsp3) is 0.458. The number of hydrogen-bond donors (Lipinski definition) is 2. The van der Waals surface area contributed by atoms with Gasteiger partial charge in [-0.1, -0.05) is 51.6 Å². The van der Waals surface area contributed by atoms with Crippen LogP contribution in [0.1, 0.15) is 79.1 Å². The Bertz CT molecular complexity index is 1130. The highest BCUT2D eigenvalue weighted by Crippen LogP contribution is 2.46. The zero-order valence-electron chi connectivity index (χ0n) is 19.0. The van der Waals surface area contributed by atoms with E-state index in [1.807, 2.05) is 12.3 Å². The predicted molar refractivity (Wildman–Crippen MR) is 124 cm³/mol. The third-order valence-corrected chi connectivity index (χ3v) is 6.99. The van der Waals surface area contributed by atoms with E-state index in [2.05, 4.69) is 67.2 Å². The zero-order chi connectivity index (χ0) is 22.4. The van der Waals surface area contributed by atoms with E-state index >= 15 is 0 Å². The molecule has 31 heavy (non-hydrogen) atoms. The topological polar surface area (TPSA) is 83.8 Å². The molecule has 2 heterocycles. The van der Waals surface area contributed by atoms with E-state index in [0.717, 1.165) is 5.76 Å². The number of anilines is 1. The van der Waals surface area contributed by atoms with Gasteiger partial charge in [-0.05, 0) is 71.2 Å². The van der Waals surface area contributed by atoms with Gasteiger partial charge >= 0.3 is 0 Å². The number of carbonyl (C=O) groups excluding carboxylic acids is 1. The fourth-order valence-electron chi connectivity index (χ4n) is 4.30. The average Bonchev–Trinajstić information content (AvgIpc) is 3.36. The van der Waals surface area contributed by atoms with E-state index in [4.69, 9.17) is 4.42 Å². The summed E-state index contributed by atoms with van der Waals surface area (Å²) in [5, 5.41) is 9.95. The number of amides is 1. The summed E-state index contributed by atoms with van der Waals surface area (Å²) >= 11 is 1.40. The van der Waals surface area contributed by atoms with Crippen LogP contribution >= 0.6 is 11.8 Å². The number of aromatic nitrogens is 3. The van der Waals surface area contributed by atoms with Gasteiger partial charge in [-0.2, -0.15) is 4.98 Å². The van der Waals surface area contributed by atoms with Gasteiger partial charge in [-0.25, -0.2) is 5.10 Å². The SMILES string of the molecule is CSc1n[nH]c(NC(=O)c2ccc(Cc3cc4c(cc3C)C(C)(C)CCC4(C)C)o2)n1. The molecular formula is C24H30N4O2S. The lowest BCUT2D eigenvalue weighted by atomic mass is 9.62. The van der Waals surface area contributed by atoms with Crippen LogP contribution < -0.4 is 5.32 Å². The molecule has 0 radical (unpaired) electrons. The first-order chi connectivity index (χ1) is 14.6. The summed E-state index contributed by atoms with van der Waals surface area (Å²) in [5.41, 5.74) is 5.75. The molecule has 1 aromatic carbocycles. The first-order valence-electron chi connectivity index (χ1n) is 10.6. The van der Waals surface area contributed by atoms with Crippen LogP contribution in [0.2, 0.25) is 0 Å². The first kappa shape index (κ1) is 21.7. The summed E-state index contributed by atoms with van der Waals surface area (Å²) in [6.45, 7) is 11.5. The van der Waals surface area contributed by atoms with Crippen molar-refractivity contribution in [3.63, 3.8) is 0 Å². The van der Waals surface area contributed by atoms with Crippen molar-refractivity contribution in [2.75, 3.05) is 11.6 Å². The van der Waals surface area contributed by atoms with E-state index in [1.165, 1.54) is 46.9 Å². The van der Waals surface area contributed by atoms with Gasteiger partial charge in [0.05, 0.1) is 0 Å². The number of furan rings is 1. The van der Waals surface area contributed by atoms with Crippen molar-refractivity contribution < 1.29 is 9.21 Å². The van der Waals surface area contributed by atoms with E-state index < -0.39 is 0 Å². The quantitative estimate of drug-likeness (QED) is 0.505. The molecule has 0 unspecified atom stereocenters. The molecule has 164 valence electrons. The van der Waals surface area contributed by atoms with Gasteiger partial charge in [0, 0.05) is 6.42 Å². The largest absolute Gasteiger partial charge is 0.456 e. The molecule has 6 nitrogen and oxygen atoms in total. The highest BCUT2D eigenvalue weighted by atomic mass is 32.2. The molecule has 0 atom stereocenters. The van der Waals surface area contributed by atoms with Crippen LogP contribution in [0.4, 0.5) is 5.95 Å². The average molecular weight is 439 g/mol. The maximum atomic E-state index is 12.5. The molecule has 2 aromatic heterocycles. The van der Waals surface area contributed by atoms with Crippen LogP contribution in [0.25, 0.3) is 0 Å². The summed E-state index contributed by atoms with van der Waals surface area (Å²) in [5.74, 6) is 0.986. The number of aromatic amines is 1. The summed E-state index contributed by atoms with van der Waals surface area (Å²) in [7, 11) is 0. The van der Waals surface area contributed by atoms with Crippen molar-refractivity contribution >= 4 is 23.6 Å². The minimum Gasteiger partial charge on any atom is -0.456 e. The monoisotopic (exact) mass is 438 g/mol. The number of rotatable bonds is 5. The maximum Gasteiger partial charge on any atom is 0.293 e. The standard InChI is InChI=1S/C24H30N4O2S/c1-14-11-17-18(24(4,5)10-9-23(17,2)3)13-15(14)12-16-7-8-19(30-16)20(29)25-21-26-22(31-6)28-27-21/h7-8,11,13H,9-10,12H2,1-6H3,(H2,25,26,27,28,29). The van der Waals surface area contributed by atoms with Crippen molar-refractivity contribution in [2.24, 2.45) is 0 Å². The van der Waals surface area contributed by atoms with Crippen LogP contribution in [-0.2, 0) is 17.3 Å². The second-order valence-corrected chi connectivity index (χ2v) is 10.4. The van der Waals surface area contributed by atoms with Gasteiger partial charge in [0.1, 0.15) is 5.76 Å². The van der Waals surface area contributed by atoms with E-state index in [1.54, 1.807) is 6.07 Å². The molecule has 1 aliphatic carbocycles. The molecule has 4 rings (SSSR count). The second-order valence-electron chi connectivity index (χ2n) is 9.66. The van der Waals surface area contributed by atoms with E-state index in [0.29, 0.717) is 17.5 Å². The van der Waals surface area contributed by atoms with Crippen LogP contribution in [-0.4, -0.2) is 27.3 Å². The smallest absolute Gasteiger partial charge is 0.293 e. The Balaban J connectivity index is 1.55. The highest BCUT2D eigenvalue weighted by Gasteiger charge is 2.37. The fourth-order valence-corrected chi connectivity index (χ4v) is 4.62. The molecule has 7 heteroatoms. The molecule has 0 spiro atoms. The minimum absolute atomic E-state index is 0.161. The number of H-pyrrole nitrogens is 1. The minimum atomic E-state index is -0.347. The van der Waals surface area contributed by atoms with Gasteiger partial charge in [0.25, 0.3) is 5.91 Å². The van der Waals surface area contributed by atoms with Gasteiger partial charge in [0.15, 0.2) is 5.76 Å². The highest BCUT2D eigenvalue weighted by molar-refractivity contribution is 7.98. The normalized spacial score (nSPS) is 16.7. The molecule has 3 aromatic rings. The Morgan fingerprint density at radius 3 is 2.48 bits per heavy atom. The molecule has 1 amide bonds. The van der Waals surface area contributed by atoms with Gasteiger partial charge < -0.3 is 4.42 Å². The van der Waals surface area contributed by atoms with Crippen LogP contribution in [0, 0.1) is 6.92 Å². The Morgan fingerprint density at radius 1 is 1.16 bits per heavy atom. The lowest BCUT2D eigenvalue weighted by molar-refractivity contribution is 0.0994. The number of carbonyl (C=O) groups is 1. The van der Waals surface area contributed by atoms with Crippen molar-refractivity contribution in [1.29, 1.82) is 0 Å². The van der Waals surface area contributed by atoms with E-state index in [-0.39, 0.29) is 22.5 Å². The zero-order valence-corrected chi connectivity index (χ0v) is 19.9. The summed E-state index contributed by atoms with van der Waals surface area (Å²) in [6, 6.07) is 8.29. The lowest BCUT2D eigenvalue weighted by Crippen LogP contribution is -2.34. The Morgan fingerprint density at radius 2 is 1.84 bits per heavy atom. The molecule has 0 fully saturated rings. The third-order valence-electron chi connectivity index (χ3n) is 6.44. The molecule has 0 saturated carbocycles. The molecule has 1 aliphatic rings. The Labute approximate surface area is 187 Å². The van der Waals surface area contributed by atoms with Crippen molar-refractivity contribution in [3.8, 4) is 0 Å².